The molecular weight excluding hydrogens is 220 g/mol. The fourth-order valence-corrected chi connectivity index (χ4v) is 2.02. The largest absolute Gasteiger partial charge is 0.466 e. The fourth-order valence-electron chi connectivity index (χ4n) is 1.38. The standard InChI is InChI=1S/C9H13BrO2/c1-12-9(11)7-5-3-2-4-6-8(7)10/h2-6H2,1H3. The Bertz CT molecular complexity index is 209. The zero-order valence-electron chi connectivity index (χ0n) is 7.23. The van der Waals surface area contributed by atoms with E-state index in [2.05, 4.69) is 20.7 Å². The van der Waals surface area contributed by atoms with E-state index in [1.54, 1.807) is 0 Å². The van der Waals surface area contributed by atoms with Crippen molar-refractivity contribution in [2.75, 3.05) is 7.11 Å². The van der Waals surface area contributed by atoms with Crippen molar-refractivity contribution in [3.8, 4) is 0 Å². The quantitative estimate of drug-likeness (QED) is 0.651. The van der Waals surface area contributed by atoms with Crippen molar-refractivity contribution in [1.29, 1.82) is 0 Å². The molecule has 0 radical (unpaired) electrons. The van der Waals surface area contributed by atoms with Gasteiger partial charge in [-0.3, -0.25) is 0 Å². The molecule has 0 spiro atoms. The molecule has 0 atom stereocenters. The summed E-state index contributed by atoms with van der Waals surface area (Å²) in [5.41, 5.74) is 0.829. The molecule has 3 heteroatoms. The third-order valence-corrected chi connectivity index (χ3v) is 2.96. The van der Waals surface area contributed by atoms with Crippen LogP contribution in [0.25, 0.3) is 0 Å². The highest BCUT2D eigenvalue weighted by molar-refractivity contribution is 9.11. The van der Waals surface area contributed by atoms with E-state index in [4.69, 9.17) is 0 Å². The molecule has 0 unspecified atom stereocenters. The van der Waals surface area contributed by atoms with Crippen molar-refractivity contribution in [2.24, 2.45) is 0 Å². The second-order valence-electron chi connectivity index (χ2n) is 2.94. The molecule has 0 saturated carbocycles. The molecule has 0 saturated heterocycles. The lowest BCUT2D eigenvalue weighted by molar-refractivity contribution is -0.136. The van der Waals surface area contributed by atoms with E-state index < -0.39 is 0 Å². The van der Waals surface area contributed by atoms with Crippen molar-refractivity contribution in [3.63, 3.8) is 0 Å². The first-order valence-electron chi connectivity index (χ1n) is 4.21. The number of rotatable bonds is 1. The molecule has 12 heavy (non-hydrogen) atoms. The van der Waals surface area contributed by atoms with Crippen LogP contribution < -0.4 is 0 Å². The van der Waals surface area contributed by atoms with E-state index in [1.807, 2.05) is 0 Å². The number of methoxy groups -OCH3 is 1. The van der Waals surface area contributed by atoms with Crippen molar-refractivity contribution in [2.45, 2.75) is 32.1 Å². The Labute approximate surface area is 81.1 Å². The summed E-state index contributed by atoms with van der Waals surface area (Å²) in [5, 5.41) is 0. The minimum atomic E-state index is -0.177. The normalized spacial score (nSPS) is 18.8. The Kier molecular flexibility index (Phi) is 3.79. The highest BCUT2D eigenvalue weighted by atomic mass is 79.9. The third kappa shape index (κ3) is 2.34. The van der Waals surface area contributed by atoms with E-state index in [0.29, 0.717) is 0 Å². The summed E-state index contributed by atoms with van der Waals surface area (Å²) in [6, 6.07) is 0. The van der Waals surface area contributed by atoms with Crippen LogP contribution in [0.4, 0.5) is 0 Å². The zero-order chi connectivity index (χ0) is 8.97. The number of halogens is 1. The molecule has 0 aliphatic heterocycles. The summed E-state index contributed by atoms with van der Waals surface area (Å²) in [5.74, 6) is -0.177. The van der Waals surface area contributed by atoms with E-state index >= 15 is 0 Å². The topological polar surface area (TPSA) is 26.3 Å². The Morgan fingerprint density at radius 1 is 1.33 bits per heavy atom. The summed E-state index contributed by atoms with van der Waals surface area (Å²) in [6.07, 6.45) is 5.30. The third-order valence-electron chi connectivity index (χ3n) is 2.08. The lowest BCUT2D eigenvalue weighted by Gasteiger charge is -2.04. The SMILES string of the molecule is COC(=O)C1=C(Br)CCCCC1. The number of carbonyl (C=O) groups is 1. The van der Waals surface area contributed by atoms with Gasteiger partial charge in [-0.2, -0.15) is 0 Å². The summed E-state index contributed by atoms with van der Waals surface area (Å²) in [7, 11) is 1.43. The molecule has 0 aromatic carbocycles. The number of allylic oxidation sites excluding steroid dienone is 1. The van der Waals surface area contributed by atoms with Gasteiger partial charge in [0.1, 0.15) is 0 Å². The van der Waals surface area contributed by atoms with Gasteiger partial charge in [0.2, 0.25) is 0 Å². The van der Waals surface area contributed by atoms with Crippen LogP contribution in [-0.2, 0) is 9.53 Å². The average molecular weight is 233 g/mol. The molecular formula is C9H13BrO2. The van der Waals surface area contributed by atoms with Gasteiger partial charge in [-0.25, -0.2) is 4.79 Å². The summed E-state index contributed by atoms with van der Waals surface area (Å²) >= 11 is 3.42. The number of esters is 1. The molecule has 0 N–H and O–H groups in total. The van der Waals surface area contributed by atoms with Gasteiger partial charge < -0.3 is 4.74 Å². The maximum atomic E-state index is 11.2. The Hall–Kier alpha value is -0.310. The molecule has 0 aromatic rings. The first-order chi connectivity index (χ1) is 5.75. The Morgan fingerprint density at radius 2 is 2.00 bits per heavy atom. The number of hydrogen-bond donors (Lipinski definition) is 0. The molecule has 0 heterocycles. The van der Waals surface area contributed by atoms with Gasteiger partial charge in [-0.05, 0) is 25.7 Å². The van der Waals surface area contributed by atoms with Crippen LogP contribution in [0.15, 0.2) is 10.1 Å². The minimum absolute atomic E-state index is 0.177. The molecule has 2 nitrogen and oxygen atoms in total. The molecule has 0 aromatic heterocycles. The van der Waals surface area contributed by atoms with Crippen molar-refractivity contribution in [3.05, 3.63) is 10.1 Å². The van der Waals surface area contributed by atoms with E-state index in [0.717, 1.165) is 29.3 Å². The number of carbonyl (C=O) groups excluding carboxylic acids is 1. The van der Waals surface area contributed by atoms with Gasteiger partial charge in [-0.1, -0.05) is 22.4 Å². The molecule has 0 amide bonds. The number of hydrogen-bond acceptors (Lipinski definition) is 2. The van der Waals surface area contributed by atoms with Crippen LogP contribution in [0.3, 0.4) is 0 Å². The fraction of sp³-hybridized carbons (Fsp3) is 0.667. The lowest BCUT2D eigenvalue weighted by atomic mass is 10.1. The van der Waals surface area contributed by atoms with Gasteiger partial charge in [0, 0.05) is 10.1 Å². The smallest absolute Gasteiger partial charge is 0.334 e. The van der Waals surface area contributed by atoms with Crippen LogP contribution in [0, 0.1) is 0 Å². The van der Waals surface area contributed by atoms with E-state index in [9.17, 15) is 4.79 Å². The summed E-state index contributed by atoms with van der Waals surface area (Å²) < 4.78 is 5.72. The van der Waals surface area contributed by atoms with E-state index in [1.165, 1.54) is 20.0 Å². The maximum Gasteiger partial charge on any atom is 0.334 e. The predicted molar refractivity (Wildman–Crippen MR) is 51.1 cm³/mol. The molecule has 0 bridgehead atoms. The van der Waals surface area contributed by atoms with Crippen LogP contribution in [0.2, 0.25) is 0 Å². The minimum Gasteiger partial charge on any atom is -0.466 e. The lowest BCUT2D eigenvalue weighted by Crippen LogP contribution is -2.05. The monoisotopic (exact) mass is 232 g/mol. The van der Waals surface area contributed by atoms with Gasteiger partial charge in [0.05, 0.1) is 7.11 Å². The highest BCUT2D eigenvalue weighted by Gasteiger charge is 2.16. The Balaban J connectivity index is 2.74. The van der Waals surface area contributed by atoms with Crippen molar-refractivity contribution in [1.82, 2.24) is 0 Å². The van der Waals surface area contributed by atoms with Crippen molar-refractivity contribution < 1.29 is 9.53 Å². The van der Waals surface area contributed by atoms with Crippen LogP contribution in [-0.4, -0.2) is 13.1 Å². The Morgan fingerprint density at radius 3 is 2.67 bits per heavy atom. The molecule has 0 fully saturated rings. The van der Waals surface area contributed by atoms with Gasteiger partial charge >= 0.3 is 5.97 Å². The summed E-state index contributed by atoms with van der Waals surface area (Å²) in [6.45, 7) is 0. The average Bonchev–Trinajstić information content (AvgIpc) is 2.28. The van der Waals surface area contributed by atoms with E-state index in [-0.39, 0.29) is 5.97 Å². The molecule has 1 aliphatic carbocycles. The second-order valence-corrected chi connectivity index (χ2v) is 3.89. The van der Waals surface area contributed by atoms with Gasteiger partial charge in [0.15, 0.2) is 0 Å². The van der Waals surface area contributed by atoms with Crippen LogP contribution in [0.5, 0.6) is 0 Å². The van der Waals surface area contributed by atoms with Crippen LogP contribution in [0.1, 0.15) is 32.1 Å². The molecule has 1 rings (SSSR count). The molecule has 1 aliphatic rings. The van der Waals surface area contributed by atoms with Gasteiger partial charge in [-0.15, -0.1) is 0 Å². The zero-order valence-corrected chi connectivity index (χ0v) is 8.82. The summed E-state index contributed by atoms with van der Waals surface area (Å²) in [4.78, 5) is 11.2. The molecule has 68 valence electrons. The number of ether oxygens (including phenoxy) is 1. The first-order valence-corrected chi connectivity index (χ1v) is 5.01. The highest BCUT2D eigenvalue weighted by Crippen LogP contribution is 2.28. The van der Waals surface area contributed by atoms with Gasteiger partial charge in [0.25, 0.3) is 0 Å². The predicted octanol–water partition coefficient (Wildman–Crippen LogP) is 2.77. The maximum absolute atomic E-state index is 11.2. The first kappa shape index (κ1) is 9.78. The second kappa shape index (κ2) is 4.65. The van der Waals surface area contributed by atoms with Crippen molar-refractivity contribution >= 4 is 21.9 Å². The van der Waals surface area contributed by atoms with Crippen LogP contribution >= 0.6 is 15.9 Å².